The molecule has 2 aromatic heterocycles. The van der Waals surface area contributed by atoms with Gasteiger partial charge in [-0.25, -0.2) is 8.42 Å². The van der Waals surface area contributed by atoms with Crippen LogP contribution in [0.25, 0.3) is 0 Å². The molecule has 0 bridgehead atoms. The third-order valence-corrected chi connectivity index (χ3v) is 6.29. The second-order valence-electron chi connectivity index (χ2n) is 6.23. The molecule has 0 unspecified atom stereocenters. The SMILES string of the molecule is Cc1noc(C)c1CN(C)C(=O)c1cc(S(=O)(=O)N2CCOCC2)c[nH]1. The lowest BCUT2D eigenvalue weighted by atomic mass is 10.2. The third kappa shape index (κ3) is 3.53. The minimum atomic E-state index is -3.64. The molecule has 0 aliphatic carbocycles. The van der Waals surface area contributed by atoms with E-state index in [1.165, 1.54) is 21.5 Å². The Kier molecular flexibility index (Phi) is 5.17. The van der Waals surface area contributed by atoms with Crippen LogP contribution in [-0.4, -0.2) is 67.0 Å². The Bertz CT molecular complexity index is 876. The fourth-order valence-electron chi connectivity index (χ4n) is 2.83. The van der Waals surface area contributed by atoms with Crippen molar-refractivity contribution < 1.29 is 22.5 Å². The van der Waals surface area contributed by atoms with Gasteiger partial charge in [0.1, 0.15) is 16.3 Å². The zero-order valence-electron chi connectivity index (χ0n) is 15.0. The van der Waals surface area contributed by atoms with Gasteiger partial charge in [-0.2, -0.15) is 4.31 Å². The maximum absolute atomic E-state index is 12.6. The van der Waals surface area contributed by atoms with E-state index in [0.717, 1.165) is 11.3 Å². The van der Waals surface area contributed by atoms with Gasteiger partial charge in [0, 0.05) is 31.9 Å². The highest BCUT2D eigenvalue weighted by molar-refractivity contribution is 7.89. The molecule has 3 rings (SSSR count). The largest absolute Gasteiger partial charge is 0.379 e. The molecule has 0 saturated carbocycles. The number of hydrogen-bond acceptors (Lipinski definition) is 6. The maximum atomic E-state index is 12.6. The van der Waals surface area contributed by atoms with E-state index in [0.29, 0.717) is 38.6 Å². The van der Waals surface area contributed by atoms with Gasteiger partial charge in [-0.05, 0) is 19.9 Å². The lowest BCUT2D eigenvalue weighted by Crippen LogP contribution is -2.40. The van der Waals surface area contributed by atoms with E-state index < -0.39 is 10.0 Å². The monoisotopic (exact) mass is 382 g/mol. The molecule has 0 atom stereocenters. The van der Waals surface area contributed by atoms with Crippen LogP contribution in [0.3, 0.4) is 0 Å². The van der Waals surface area contributed by atoms with Crippen LogP contribution in [-0.2, 0) is 21.3 Å². The lowest BCUT2D eigenvalue weighted by Gasteiger charge is -2.25. The van der Waals surface area contributed by atoms with Crippen molar-refractivity contribution >= 4 is 15.9 Å². The summed E-state index contributed by atoms with van der Waals surface area (Å²) < 4.78 is 36.9. The number of carbonyl (C=O) groups excluding carboxylic acids is 1. The van der Waals surface area contributed by atoms with Crippen molar-refractivity contribution in [2.45, 2.75) is 25.3 Å². The summed E-state index contributed by atoms with van der Waals surface area (Å²) in [5, 5.41) is 3.87. The standard InChI is InChI=1S/C16H22N4O5S/c1-11-14(12(2)25-18-11)10-19(3)16(21)15-8-13(9-17-15)26(22,23)20-4-6-24-7-5-20/h8-9,17H,4-7,10H2,1-3H3. The zero-order valence-corrected chi connectivity index (χ0v) is 15.8. The molecule has 26 heavy (non-hydrogen) atoms. The van der Waals surface area contributed by atoms with Crippen LogP contribution < -0.4 is 0 Å². The summed E-state index contributed by atoms with van der Waals surface area (Å²) in [6.45, 7) is 5.28. The summed E-state index contributed by atoms with van der Waals surface area (Å²) in [5.41, 5.74) is 1.78. The number of sulfonamides is 1. The van der Waals surface area contributed by atoms with Gasteiger partial charge in [-0.1, -0.05) is 5.16 Å². The smallest absolute Gasteiger partial charge is 0.270 e. The van der Waals surface area contributed by atoms with Gasteiger partial charge < -0.3 is 19.1 Å². The molecule has 0 radical (unpaired) electrons. The molecule has 1 amide bonds. The summed E-state index contributed by atoms with van der Waals surface area (Å²) >= 11 is 0. The highest BCUT2D eigenvalue weighted by Crippen LogP contribution is 2.20. The van der Waals surface area contributed by atoms with Crippen molar-refractivity contribution in [2.75, 3.05) is 33.4 Å². The lowest BCUT2D eigenvalue weighted by molar-refractivity contribution is 0.0730. The predicted octanol–water partition coefficient (Wildman–Crippen LogP) is 0.913. The van der Waals surface area contributed by atoms with Crippen LogP contribution in [0.1, 0.15) is 27.5 Å². The molecule has 1 aliphatic rings. The van der Waals surface area contributed by atoms with Crippen LogP contribution in [0.5, 0.6) is 0 Å². The molecule has 3 heterocycles. The van der Waals surface area contributed by atoms with E-state index in [1.54, 1.807) is 14.0 Å². The Morgan fingerprint density at radius 2 is 2.04 bits per heavy atom. The van der Waals surface area contributed by atoms with Crippen LogP contribution >= 0.6 is 0 Å². The highest BCUT2D eigenvalue weighted by atomic mass is 32.2. The number of amides is 1. The summed E-state index contributed by atoms with van der Waals surface area (Å²) in [6.07, 6.45) is 1.35. The first-order chi connectivity index (χ1) is 12.3. The summed E-state index contributed by atoms with van der Waals surface area (Å²) in [7, 11) is -1.99. The molecule has 2 aromatic rings. The molecule has 9 nitrogen and oxygen atoms in total. The average Bonchev–Trinajstić information content (AvgIpc) is 3.25. The number of aromatic nitrogens is 2. The van der Waals surface area contributed by atoms with Crippen LogP contribution in [0.15, 0.2) is 21.7 Å². The van der Waals surface area contributed by atoms with Gasteiger partial charge in [0.25, 0.3) is 5.91 Å². The Hall–Kier alpha value is -2.17. The molecular formula is C16H22N4O5S. The first-order valence-corrected chi connectivity index (χ1v) is 9.68. The van der Waals surface area contributed by atoms with Crippen molar-refractivity contribution in [3.63, 3.8) is 0 Å². The molecule has 1 saturated heterocycles. The summed E-state index contributed by atoms with van der Waals surface area (Å²) in [4.78, 5) is 17.0. The predicted molar refractivity (Wildman–Crippen MR) is 92.1 cm³/mol. The second-order valence-corrected chi connectivity index (χ2v) is 8.17. The van der Waals surface area contributed by atoms with Crippen LogP contribution in [0.2, 0.25) is 0 Å². The highest BCUT2D eigenvalue weighted by Gasteiger charge is 2.28. The van der Waals surface area contributed by atoms with Crippen LogP contribution in [0.4, 0.5) is 0 Å². The van der Waals surface area contributed by atoms with Gasteiger partial charge in [-0.15, -0.1) is 0 Å². The Labute approximate surface area is 151 Å². The summed E-state index contributed by atoms with van der Waals surface area (Å²) in [5.74, 6) is 0.345. The van der Waals surface area contributed by atoms with Crippen molar-refractivity contribution in [3.8, 4) is 0 Å². The fourth-order valence-corrected chi connectivity index (χ4v) is 4.23. The number of nitrogens with one attached hydrogen (secondary N) is 1. The zero-order chi connectivity index (χ0) is 18.9. The van der Waals surface area contributed by atoms with Gasteiger partial charge in [0.05, 0.1) is 25.5 Å². The number of nitrogens with zero attached hydrogens (tertiary/aromatic N) is 3. The first kappa shape index (κ1) is 18.6. The quantitative estimate of drug-likeness (QED) is 0.823. The molecule has 1 aliphatic heterocycles. The number of H-pyrrole nitrogens is 1. The maximum Gasteiger partial charge on any atom is 0.270 e. The third-order valence-electron chi connectivity index (χ3n) is 4.42. The van der Waals surface area contributed by atoms with E-state index >= 15 is 0 Å². The molecule has 1 fully saturated rings. The molecular weight excluding hydrogens is 360 g/mol. The first-order valence-electron chi connectivity index (χ1n) is 8.24. The van der Waals surface area contributed by atoms with Gasteiger partial charge >= 0.3 is 0 Å². The number of carbonyl (C=O) groups is 1. The van der Waals surface area contributed by atoms with Crippen molar-refractivity contribution in [1.29, 1.82) is 0 Å². The molecule has 142 valence electrons. The summed E-state index contributed by atoms with van der Waals surface area (Å²) in [6, 6.07) is 1.37. The Morgan fingerprint density at radius 1 is 1.35 bits per heavy atom. The van der Waals surface area contributed by atoms with E-state index in [9.17, 15) is 13.2 Å². The van der Waals surface area contributed by atoms with E-state index in [-0.39, 0.29) is 16.5 Å². The van der Waals surface area contributed by atoms with Crippen LogP contribution in [0, 0.1) is 13.8 Å². The molecule has 0 spiro atoms. The van der Waals surface area contributed by atoms with E-state index in [4.69, 9.17) is 9.26 Å². The van der Waals surface area contributed by atoms with E-state index in [2.05, 4.69) is 10.1 Å². The van der Waals surface area contributed by atoms with Gasteiger partial charge in [0.2, 0.25) is 10.0 Å². The number of morpholine rings is 1. The van der Waals surface area contributed by atoms with Crippen molar-refractivity contribution in [3.05, 3.63) is 35.0 Å². The van der Waals surface area contributed by atoms with Gasteiger partial charge in [-0.3, -0.25) is 4.79 Å². The van der Waals surface area contributed by atoms with Crippen molar-refractivity contribution in [2.24, 2.45) is 0 Å². The average molecular weight is 382 g/mol. The minimum Gasteiger partial charge on any atom is -0.379 e. The number of hydrogen-bond donors (Lipinski definition) is 1. The molecule has 0 aromatic carbocycles. The fraction of sp³-hybridized carbons (Fsp3) is 0.500. The van der Waals surface area contributed by atoms with E-state index in [1.807, 2.05) is 6.92 Å². The van der Waals surface area contributed by atoms with Gasteiger partial charge in [0.15, 0.2) is 0 Å². The second kappa shape index (κ2) is 7.22. The number of rotatable bonds is 5. The number of ether oxygens (including phenoxy) is 1. The minimum absolute atomic E-state index is 0.0773. The topological polar surface area (TPSA) is 109 Å². The van der Waals surface area contributed by atoms with Crippen molar-refractivity contribution in [1.82, 2.24) is 19.3 Å². The normalized spacial score (nSPS) is 16.0. The molecule has 1 N–H and O–H groups in total. The Morgan fingerprint density at radius 3 is 2.65 bits per heavy atom. The number of aryl methyl sites for hydroxylation is 2. The Balaban J connectivity index is 1.75. The number of aromatic amines is 1. The molecule has 10 heteroatoms.